The van der Waals surface area contributed by atoms with Crippen molar-refractivity contribution in [1.82, 2.24) is 14.8 Å². The van der Waals surface area contributed by atoms with Crippen LogP contribution in [0.15, 0.2) is 15.8 Å². The van der Waals surface area contributed by atoms with Gasteiger partial charge < -0.3 is 9.15 Å². The van der Waals surface area contributed by atoms with Gasteiger partial charge in [-0.05, 0) is 11.6 Å². The quantitative estimate of drug-likeness (QED) is 0.723. The van der Waals surface area contributed by atoms with Crippen LogP contribution in [0.2, 0.25) is 5.22 Å². The first kappa shape index (κ1) is 18.4. The van der Waals surface area contributed by atoms with E-state index in [1.54, 1.807) is 0 Å². The lowest BCUT2D eigenvalue weighted by Gasteiger charge is -2.09. The fraction of sp³-hybridized carbons (Fsp3) is 0.400. The van der Waals surface area contributed by atoms with Crippen LogP contribution in [0, 0.1) is 0 Å². The first-order valence-electron chi connectivity index (χ1n) is 5.84. The lowest BCUT2D eigenvalue weighted by atomic mass is 10.2. The number of oxazole rings is 1. The van der Waals surface area contributed by atoms with E-state index in [0.717, 1.165) is 13.2 Å². The normalized spacial score (nSPS) is 12.8. The molecule has 0 aliphatic rings. The van der Waals surface area contributed by atoms with E-state index in [9.17, 15) is 30.4 Å². The third-order valence-corrected chi connectivity index (χ3v) is 4.18. The Morgan fingerprint density at radius 2 is 2.04 bits per heavy atom. The van der Waals surface area contributed by atoms with Crippen LogP contribution in [0.25, 0.3) is 0 Å². The Morgan fingerprint density at radius 3 is 2.50 bits per heavy atom. The molecule has 0 fully saturated rings. The maximum Gasteiger partial charge on any atom is 0.435 e. The van der Waals surface area contributed by atoms with Crippen LogP contribution >= 0.6 is 11.6 Å². The number of hydrogen-bond acceptors (Lipinski definition) is 6. The highest BCUT2D eigenvalue weighted by molar-refractivity contribution is 7.90. The summed E-state index contributed by atoms with van der Waals surface area (Å²) in [6, 6.07) is 0. The van der Waals surface area contributed by atoms with Gasteiger partial charge in [-0.1, -0.05) is 0 Å². The molecule has 0 saturated heterocycles. The van der Waals surface area contributed by atoms with E-state index in [2.05, 4.69) is 19.2 Å². The number of halogens is 6. The molecule has 0 aliphatic heterocycles. The van der Waals surface area contributed by atoms with Gasteiger partial charge in [0, 0.05) is 7.05 Å². The summed E-state index contributed by atoms with van der Waals surface area (Å²) < 4.78 is 96.8. The van der Waals surface area contributed by atoms with Crippen LogP contribution in [0.3, 0.4) is 0 Å². The van der Waals surface area contributed by atoms with Crippen LogP contribution in [0.5, 0.6) is 5.88 Å². The SMILES string of the molecule is Cn1nc(C(F)(F)F)c(CS(=O)(=O)c2ncc(Cl)o2)c1OC(F)F. The minimum absolute atomic E-state index is 0.363. The number of hydrogen-bond donors (Lipinski definition) is 0. The molecular formula is C10H7ClF5N3O4S. The largest absolute Gasteiger partial charge is 0.435 e. The predicted octanol–water partition coefficient (Wildman–Crippen LogP) is 2.66. The molecule has 134 valence electrons. The summed E-state index contributed by atoms with van der Waals surface area (Å²) in [6.07, 6.45) is -4.28. The van der Waals surface area contributed by atoms with Crippen molar-refractivity contribution in [3.63, 3.8) is 0 Å². The number of rotatable bonds is 5. The zero-order chi connectivity index (χ0) is 18.3. The minimum atomic E-state index is -5.10. The maximum absolute atomic E-state index is 13.0. The van der Waals surface area contributed by atoms with Gasteiger partial charge in [-0.2, -0.15) is 27.1 Å². The molecule has 2 rings (SSSR count). The average molecular weight is 396 g/mol. The van der Waals surface area contributed by atoms with Crippen LogP contribution < -0.4 is 4.74 Å². The molecular weight excluding hydrogens is 389 g/mol. The highest BCUT2D eigenvalue weighted by Gasteiger charge is 2.42. The van der Waals surface area contributed by atoms with Crippen molar-refractivity contribution in [2.24, 2.45) is 7.05 Å². The number of nitrogens with zero attached hydrogens (tertiary/aromatic N) is 3. The van der Waals surface area contributed by atoms with Gasteiger partial charge in [0.05, 0.1) is 17.5 Å². The molecule has 0 N–H and O–H groups in total. The lowest BCUT2D eigenvalue weighted by molar-refractivity contribution is -0.142. The molecule has 2 aromatic heterocycles. The fourth-order valence-electron chi connectivity index (χ4n) is 1.78. The Labute approximate surface area is 135 Å². The Morgan fingerprint density at radius 1 is 1.42 bits per heavy atom. The van der Waals surface area contributed by atoms with Crippen molar-refractivity contribution in [2.45, 2.75) is 23.8 Å². The Hall–Kier alpha value is -1.89. The second-order valence-electron chi connectivity index (χ2n) is 4.32. The molecule has 24 heavy (non-hydrogen) atoms. The summed E-state index contributed by atoms with van der Waals surface area (Å²) in [5.41, 5.74) is -2.78. The zero-order valence-electron chi connectivity index (χ0n) is 11.5. The number of sulfone groups is 1. The van der Waals surface area contributed by atoms with E-state index in [0.29, 0.717) is 4.68 Å². The molecule has 0 aliphatic carbocycles. The van der Waals surface area contributed by atoms with Crippen molar-refractivity contribution < 1.29 is 39.5 Å². The molecule has 7 nitrogen and oxygen atoms in total. The highest BCUT2D eigenvalue weighted by Crippen LogP contribution is 2.37. The average Bonchev–Trinajstić information content (AvgIpc) is 2.96. The van der Waals surface area contributed by atoms with Gasteiger partial charge >= 0.3 is 18.0 Å². The smallest absolute Gasteiger partial charge is 0.417 e. The summed E-state index contributed by atoms with van der Waals surface area (Å²) >= 11 is 5.36. The monoisotopic (exact) mass is 395 g/mol. The van der Waals surface area contributed by atoms with E-state index in [1.165, 1.54) is 0 Å². The van der Waals surface area contributed by atoms with Crippen LogP contribution in [-0.2, 0) is 28.8 Å². The van der Waals surface area contributed by atoms with Crippen LogP contribution in [0.1, 0.15) is 11.3 Å². The van der Waals surface area contributed by atoms with Crippen LogP contribution in [-0.4, -0.2) is 29.8 Å². The first-order chi connectivity index (χ1) is 10.9. The molecule has 0 aromatic carbocycles. The van der Waals surface area contributed by atoms with Crippen molar-refractivity contribution in [3.05, 3.63) is 22.7 Å². The Kier molecular flexibility index (Phi) is 4.77. The summed E-state index contributed by atoms with van der Waals surface area (Å²) in [7, 11) is -3.67. The molecule has 0 saturated carbocycles. The zero-order valence-corrected chi connectivity index (χ0v) is 13.1. The van der Waals surface area contributed by atoms with Gasteiger partial charge in [-0.3, -0.25) is 0 Å². The van der Waals surface area contributed by atoms with Crippen molar-refractivity contribution in [2.75, 3.05) is 0 Å². The van der Waals surface area contributed by atoms with Crippen LogP contribution in [0.4, 0.5) is 22.0 Å². The summed E-state index contributed by atoms with van der Waals surface area (Å²) in [5.74, 6) is -2.42. The number of aromatic nitrogens is 3. The van der Waals surface area contributed by atoms with Gasteiger partial charge in [0.25, 0.3) is 0 Å². The fourth-order valence-corrected chi connectivity index (χ4v) is 3.14. The summed E-state index contributed by atoms with van der Waals surface area (Å²) in [4.78, 5) is 3.29. The topological polar surface area (TPSA) is 87.2 Å². The minimum Gasteiger partial charge on any atom is -0.417 e. The van der Waals surface area contributed by atoms with E-state index in [-0.39, 0.29) is 0 Å². The number of alkyl halides is 5. The highest BCUT2D eigenvalue weighted by atomic mass is 35.5. The molecule has 14 heteroatoms. The van der Waals surface area contributed by atoms with Gasteiger partial charge in [0.15, 0.2) is 5.69 Å². The van der Waals surface area contributed by atoms with Gasteiger partial charge in [0.1, 0.15) is 0 Å². The summed E-state index contributed by atoms with van der Waals surface area (Å²) in [5, 5.41) is 1.63. The molecule has 0 radical (unpaired) electrons. The van der Waals surface area contributed by atoms with E-state index in [1.807, 2.05) is 0 Å². The van der Waals surface area contributed by atoms with Gasteiger partial charge in [-0.15, -0.1) is 0 Å². The predicted molar refractivity (Wildman–Crippen MR) is 67.2 cm³/mol. The number of aryl methyl sites for hydroxylation is 1. The molecule has 0 unspecified atom stereocenters. The molecule has 2 aromatic rings. The maximum atomic E-state index is 13.0. The molecule has 0 atom stereocenters. The second kappa shape index (κ2) is 6.20. The second-order valence-corrected chi connectivity index (χ2v) is 6.56. The standard InChI is InChI=1S/C10H7ClF5N3O4S/c1-19-7(23-8(12)13)4(6(18-19)10(14,15)16)3-24(20,21)9-17-2-5(11)22-9/h2,8H,3H2,1H3. The van der Waals surface area contributed by atoms with Gasteiger partial charge in [-0.25, -0.2) is 18.1 Å². The molecule has 0 spiro atoms. The molecule has 0 bridgehead atoms. The Bertz CT molecular complexity index is 845. The lowest BCUT2D eigenvalue weighted by Crippen LogP contribution is -2.14. The molecule has 0 amide bonds. The number of ether oxygens (including phenoxy) is 1. The van der Waals surface area contributed by atoms with Crippen molar-refractivity contribution in [1.29, 1.82) is 0 Å². The summed E-state index contributed by atoms with van der Waals surface area (Å²) in [6.45, 7) is -3.49. The van der Waals surface area contributed by atoms with Crippen molar-refractivity contribution in [3.8, 4) is 5.88 Å². The van der Waals surface area contributed by atoms with Crippen molar-refractivity contribution >= 4 is 21.4 Å². The van der Waals surface area contributed by atoms with Gasteiger partial charge in [0.2, 0.25) is 20.9 Å². The first-order valence-corrected chi connectivity index (χ1v) is 7.87. The third-order valence-electron chi connectivity index (χ3n) is 2.61. The third kappa shape index (κ3) is 3.77. The van der Waals surface area contributed by atoms with E-state index >= 15 is 0 Å². The van der Waals surface area contributed by atoms with E-state index < -0.39 is 56.0 Å². The molecule has 2 heterocycles. The Balaban J connectivity index is 2.55. The van der Waals surface area contributed by atoms with E-state index in [4.69, 9.17) is 11.6 Å².